The van der Waals surface area contributed by atoms with Crippen LogP contribution in [-0.2, 0) is 14.9 Å². The van der Waals surface area contributed by atoms with Crippen LogP contribution in [0.4, 0.5) is 0 Å². The molecular formula is C19H12Cl4O5S. The van der Waals surface area contributed by atoms with E-state index in [1.54, 1.807) is 6.07 Å². The highest BCUT2D eigenvalue weighted by Crippen LogP contribution is 2.52. The Balaban J connectivity index is 2.66. The van der Waals surface area contributed by atoms with Crippen LogP contribution in [0.5, 0.6) is 11.5 Å². The van der Waals surface area contributed by atoms with Crippen LogP contribution in [0.1, 0.15) is 16.7 Å². The number of halogens is 4. The van der Waals surface area contributed by atoms with E-state index in [-0.39, 0.29) is 36.8 Å². The molecule has 1 atom stereocenters. The highest BCUT2D eigenvalue weighted by atomic mass is 35.5. The number of rotatable bonds is 4. The van der Waals surface area contributed by atoms with Crippen LogP contribution in [0.15, 0.2) is 54.6 Å². The minimum atomic E-state index is -5.10. The van der Waals surface area contributed by atoms with E-state index in [1.807, 2.05) is 0 Å². The average molecular weight is 494 g/mol. The Morgan fingerprint density at radius 2 is 1.31 bits per heavy atom. The van der Waals surface area contributed by atoms with Crippen LogP contribution in [-0.4, -0.2) is 23.2 Å². The van der Waals surface area contributed by atoms with E-state index in [4.69, 9.17) is 46.4 Å². The molecule has 0 aliphatic rings. The van der Waals surface area contributed by atoms with Crippen molar-refractivity contribution in [3.8, 4) is 11.5 Å². The maximum Gasteiger partial charge on any atom is 0.283 e. The van der Waals surface area contributed by atoms with Gasteiger partial charge in [0.2, 0.25) is 0 Å². The maximum absolute atomic E-state index is 13.0. The summed E-state index contributed by atoms with van der Waals surface area (Å²) >= 11 is 25.0. The lowest BCUT2D eigenvalue weighted by atomic mass is 9.83. The monoisotopic (exact) mass is 492 g/mol. The average Bonchev–Trinajstić information content (AvgIpc) is 2.62. The normalized spacial score (nSPS) is 13.8. The largest absolute Gasteiger partial charge is 0.504 e. The molecule has 3 N–H and O–H groups in total. The Bertz CT molecular complexity index is 1170. The number of hydrogen-bond acceptors (Lipinski definition) is 4. The van der Waals surface area contributed by atoms with Crippen molar-refractivity contribution in [2.75, 3.05) is 0 Å². The first-order valence-electron chi connectivity index (χ1n) is 7.90. The van der Waals surface area contributed by atoms with Gasteiger partial charge in [-0.05, 0) is 35.9 Å². The summed E-state index contributed by atoms with van der Waals surface area (Å²) in [6, 6.07) is 12.2. The van der Waals surface area contributed by atoms with Crippen LogP contribution in [0.25, 0.3) is 0 Å². The fraction of sp³-hybridized carbons (Fsp3) is 0.0526. The number of aromatic hydroxyl groups is 2. The van der Waals surface area contributed by atoms with Crippen molar-refractivity contribution in [1.82, 2.24) is 0 Å². The molecular weight excluding hydrogens is 482 g/mol. The molecule has 0 radical (unpaired) electrons. The lowest BCUT2D eigenvalue weighted by Gasteiger charge is -2.34. The van der Waals surface area contributed by atoms with Crippen molar-refractivity contribution >= 4 is 56.5 Å². The number of phenols is 2. The maximum atomic E-state index is 13.0. The minimum Gasteiger partial charge on any atom is -0.504 e. The minimum absolute atomic E-state index is 0.0233. The predicted octanol–water partition coefficient (Wildman–Crippen LogP) is 5.89. The second kappa shape index (κ2) is 7.87. The molecule has 0 heterocycles. The van der Waals surface area contributed by atoms with Gasteiger partial charge in [0.05, 0.1) is 5.02 Å². The van der Waals surface area contributed by atoms with Gasteiger partial charge in [0, 0.05) is 26.2 Å². The van der Waals surface area contributed by atoms with Gasteiger partial charge in [-0.1, -0.05) is 70.7 Å². The molecule has 29 heavy (non-hydrogen) atoms. The molecule has 0 saturated heterocycles. The zero-order valence-electron chi connectivity index (χ0n) is 14.3. The fourth-order valence-corrected chi connectivity index (χ4v) is 5.91. The van der Waals surface area contributed by atoms with Crippen molar-refractivity contribution in [3.63, 3.8) is 0 Å². The zero-order valence-corrected chi connectivity index (χ0v) is 18.1. The van der Waals surface area contributed by atoms with E-state index >= 15 is 0 Å². The Morgan fingerprint density at radius 1 is 0.759 bits per heavy atom. The van der Waals surface area contributed by atoms with Crippen molar-refractivity contribution in [2.45, 2.75) is 4.75 Å². The van der Waals surface area contributed by atoms with Gasteiger partial charge in [-0.15, -0.1) is 0 Å². The Hall–Kier alpha value is -1.67. The SMILES string of the molecule is O=S(=O)(O)C(c1cc(O)c(O)c(Cl)c1)(c1ccccc1Cl)c1c(Cl)cccc1Cl. The third-order valence-electron chi connectivity index (χ3n) is 4.40. The van der Waals surface area contributed by atoms with Gasteiger partial charge in [-0.2, -0.15) is 8.42 Å². The van der Waals surface area contributed by atoms with Crippen LogP contribution in [0.2, 0.25) is 20.1 Å². The van der Waals surface area contributed by atoms with Crippen LogP contribution >= 0.6 is 46.4 Å². The molecule has 10 heteroatoms. The van der Waals surface area contributed by atoms with Crippen LogP contribution in [0, 0.1) is 0 Å². The summed E-state index contributed by atoms with van der Waals surface area (Å²) in [5.74, 6) is -1.38. The van der Waals surface area contributed by atoms with Crippen molar-refractivity contribution < 1.29 is 23.2 Å². The lowest BCUT2D eigenvalue weighted by molar-refractivity contribution is 0.402. The zero-order chi connectivity index (χ0) is 21.6. The molecule has 1 unspecified atom stereocenters. The molecule has 0 spiro atoms. The molecule has 3 rings (SSSR count). The number of phenolic OH excluding ortho intramolecular Hbond substituents is 2. The summed E-state index contributed by atoms with van der Waals surface area (Å²) in [6.45, 7) is 0. The first-order valence-corrected chi connectivity index (χ1v) is 10.9. The fourth-order valence-electron chi connectivity index (χ4n) is 3.22. The van der Waals surface area contributed by atoms with Gasteiger partial charge in [0.15, 0.2) is 16.2 Å². The Labute approximate surface area is 186 Å². The molecule has 5 nitrogen and oxygen atoms in total. The molecule has 0 bridgehead atoms. The topological polar surface area (TPSA) is 94.8 Å². The van der Waals surface area contributed by atoms with Gasteiger partial charge in [-0.3, -0.25) is 4.55 Å². The van der Waals surface area contributed by atoms with E-state index in [0.717, 1.165) is 12.1 Å². The van der Waals surface area contributed by atoms with Gasteiger partial charge < -0.3 is 10.2 Å². The van der Waals surface area contributed by atoms with E-state index in [9.17, 15) is 23.2 Å². The predicted molar refractivity (Wildman–Crippen MR) is 114 cm³/mol. The van der Waals surface area contributed by atoms with Crippen LogP contribution in [0.3, 0.4) is 0 Å². The molecule has 152 valence electrons. The standard InChI is InChI=1S/C19H12Cl4O5S/c20-12-5-2-1-4-11(12)19(29(26,27)28,17-13(21)6-3-7-14(17)22)10-8-15(23)18(25)16(24)9-10/h1-9,24-25H,(H,26,27,28). The van der Waals surface area contributed by atoms with Crippen molar-refractivity contribution in [1.29, 1.82) is 0 Å². The molecule has 3 aromatic rings. The second-order valence-electron chi connectivity index (χ2n) is 6.06. The molecule has 0 aromatic heterocycles. The van der Waals surface area contributed by atoms with Gasteiger partial charge in [0.25, 0.3) is 10.1 Å². The number of hydrogen-bond donors (Lipinski definition) is 3. The van der Waals surface area contributed by atoms with Gasteiger partial charge >= 0.3 is 0 Å². The lowest BCUT2D eigenvalue weighted by Crippen LogP contribution is -2.39. The van der Waals surface area contributed by atoms with E-state index in [2.05, 4.69) is 0 Å². The number of benzene rings is 3. The van der Waals surface area contributed by atoms with Crippen molar-refractivity contribution in [3.05, 3.63) is 91.4 Å². The molecule has 3 aromatic carbocycles. The third kappa shape index (κ3) is 3.54. The molecule has 0 aliphatic heterocycles. The third-order valence-corrected chi connectivity index (χ3v) is 7.09. The molecule has 0 saturated carbocycles. The van der Waals surface area contributed by atoms with E-state index in [0.29, 0.717) is 0 Å². The summed E-state index contributed by atoms with van der Waals surface area (Å²) in [5, 5.41) is 19.4. The second-order valence-corrected chi connectivity index (χ2v) is 9.25. The summed E-state index contributed by atoms with van der Waals surface area (Å²) in [5.41, 5.74) is -0.510. The highest BCUT2D eigenvalue weighted by Gasteiger charge is 2.52. The van der Waals surface area contributed by atoms with E-state index in [1.165, 1.54) is 36.4 Å². The van der Waals surface area contributed by atoms with E-state index < -0.39 is 26.4 Å². The highest BCUT2D eigenvalue weighted by molar-refractivity contribution is 7.87. The smallest absolute Gasteiger partial charge is 0.283 e. The van der Waals surface area contributed by atoms with Gasteiger partial charge in [-0.25, -0.2) is 0 Å². The summed E-state index contributed by atoms with van der Waals surface area (Å²) < 4.78 is 34.1. The Morgan fingerprint density at radius 3 is 1.83 bits per heavy atom. The summed E-state index contributed by atoms with van der Waals surface area (Å²) in [4.78, 5) is 0. The molecule has 0 amide bonds. The van der Waals surface area contributed by atoms with Crippen LogP contribution < -0.4 is 0 Å². The first kappa shape index (κ1) is 22.0. The summed E-state index contributed by atoms with van der Waals surface area (Å²) in [6.07, 6.45) is 0. The molecule has 0 fully saturated rings. The summed E-state index contributed by atoms with van der Waals surface area (Å²) in [7, 11) is -5.10. The van der Waals surface area contributed by atoms with Gasteiger partial charge in [0.1, 0.15) is 0 Å². The quantitative estimate of drug-likeness (QED) is 0.239. The first-order chi connectivity index (χ1) is 13.5. The van der Waals surface area contributed by atoms with Crippen molar-refractivity contribution in [2.24, 2.45) is 0 Å². The molecule has 0 aliphatic carbocycles. The Kier molecular flexibility index (Phi) is 5.98.